The summed E-state index contributed by atoms with van der Waals surface area (Å²) >= 11 is 6.11. The van der Waals surface area contributed by atoms with Crippen LogP contribution >= 0.6 is 11.6 Å². The fourth-order valence-electron chi connectivity index (χ4n) is 4.04. The minimum Gasteiger partial charge on any atom is -0.483 e. The van der Waals surface area contributed by atoms with Crippen molar-refractivity contribution in [1.82, 2.24) is 4.90 Å². The highest BCUT2D eigenvalue weighted by Gasteiger charge is 2.24. The first-order valence-electron chi connectivity index (χ1n) is 11.1. The van der Waals surface area contributed by atoms with Gasteiger partial charge in [-0.3, -0.25) is 19.7 Å². The van der Waals surface area contributed by atoms with Gasteiger partial charge in [0.05, 0.1) is 10.5 Å². The monoisotopic (exact) mass is 493 g/mol. The van der Waals surface area contributed by atoms with Gasteiger partial charge in [-0.05, 0) is 37.3 Å². The van der Waals surface area contributed by atoms with E-state index in [4.69, 9.17) is 16.3 Å². The lowest BCUT2D eigenvalue weighted by atomic mass is 10.0. The summed E-state index contributed by atoms with van der Waals surface area (Å²) in [6, 6.07) is 18.6. The van der Waals surface area contributed by atoms with Crippen molar-refractivity contribution in [3.63, 3.8) is 0 Å². The van der Waals surface area contributed by atoms with Crippen LogP contribution in [0.1, 0.15) is 21.5 Å². The van der Waals surface area contributed by atoms with Crippen LogP contribution in [0.4, 0.5) is 11.4 Å². The van der Waals surface area contributed by atoms with Crippen LogP contribution < -0.4 is 9.64 Å². The molecule has 1 aliphatic rings. The van der Waals surface area contributed by atoms with Crippen LogP contribution in [0.25, 0.3) is 0 Å². The topological polar surface area (TPSA) is 93.0 Å². The summed E-state index contributed by atoms with van der Waals surface area (Å²) in [7, 11) is 0. The van der Waals surface area contributed by atoms with Crippen molar-refractivity contribution < 1.29 is 19.2 Å². The summed E-state index contributed by atoms with van der Waals surface area (Å²) in [6.45, 7) is 3.70. The second-order valence-corrected chi connectivity index (χ2v) is 8.66. The van der Waals surface area contributed by atoms with Crippen molar-refractivity contribution in [2.45, 2.75) is 6.92 Å². The van der Waals surface area contributed by atoms with Gasteiger partial charge in [0, 0.05) is 54.1 Å². The number of nitrogens with zero attached hydrogens (tertiary/aromatic N) is 3. The maximum Gasteiger partial charge on any atom is 0.272 e. The van der Waals surface area contributed by atoms with Gasteiger partial charge >= 0.3 is 0 Å². The number of nitro groups is 1. The zero-order valence-electron chi connectivity index (χ0n) is 19.1. The molecule has 0 atom stereocenters. The molecule has 4 rings (SSSR count). The number of ketones is 1. The number of hydrogen-bond acceptors (Lipinski definition) is 6. The minimum absolute atomic E-state index is 0.0898. The van der Waals surface area contributed by atoms with Crippen molar-refractivity contribution in [3.8, 4) is 5.75 Å². The molecule has 0 saturated carbocycles. The summed E-state index contributed by atoms with van der Waals surface area (Å²) < 4.78 is 5.76. The third-order valence-corrected chi connectivity index (χ3v) is 6.18. The zero-order valence-corrected chi connectivity index (χ0v) is 19.9. The van der Waals surface area contributed by atoms with E-state index >= 15 is 0 Å². The Balaban J connectivity index is 1.37. The van der Waals surface area contributed by atoms with E-state index in [1.165, 1.54) is 6.07 Å². The number of piperazine rings is 1. The van der Waals surface area contributed by atoms with Crippen molar-refractivity contribution >= 4 is 34.7 Å². The molecule has 3 aromatic carbocycles. The number of nitro benzene ring substituents is 1. The van der Waals surface area contributed by atoms with E-state index in [0.29, 0.717) is 53.6 Å². The van der Waals surface area contributed by atoms with Crippen LogP contribution in [0.3, 0.4) is 0 Å². The second-order valence-electron chi connectivity index (χ2n) is 8.22. The molecule has 0 aromatic heterocycles. The third-order valence-electron chi connectivity index (χ3n) is 5.95. The average molecular weight is 494 g/mol. The van der Waals surface area contributed by atoms with Gasteiger partial charge in [0.1, 0.15) is 5.75 Å². The summed E-state index contributed by atoms with van der Waals surface area (Å²) in [5, 5.41) is 11.5. The van der Waals surface area contributed by atoms with Crippen molar-refractivity contribution in [3.05, 3.63) is 98.6 Å². The van der Waals surface area contributed by atoms with Crippen LogP contribution in [0.15, 0.2) is 66.7 Å². The number of carbonyl (C=O) groups is 2. The molecule has 1 saturated heterocycles. The van der Waals surface area contributed by atoms with Crippen LogP contribution in [0.2, 0.25) is 5.02 Å². The Bertz CT molecular complexity index is 1260. The molecule has 3 aromatic rings. The number of ether oxygens (including phenoxy) is 1. The van der Waals surface area contributed by atoms with Crippen molar-refractivity contribution in [1.29, 1.82) is 0 Å². The highest BCUT2D eigenvalue weighted by molar-refractivity contribution is 6.31. The van der Waals surface area contributed by atoms with Gasteiger partial charge in [-0.25, -0.2) is 0 Å². The number of hydrogen-bond donors (Lipinski definition) is 0. The normalized spacial score (nSPS) is 13.4. The van der Waals surface area contributed by atoms with E-state index in [1.54, 1.807) is 66.4 Å². The minimum atomic E-state index is -0.394. The molecule has 1 fully saturated rings. The number of halogens is 1. The smallest absolute Gasteiger partial charge is 0.272 e. The fraction of sp³-hybridized carbons (Fsp3) is 0.231. The Morgan fingerprint density at radius 1 is 1.00 bits per heavy atom. The molecule has 0 radical (unpaired) electrons. The number of carbonyl (C=O) groups excluding carboxylic acids is 2. The first-order valence-corrected chi connectivity index (χ1v) is 11.5. The first-order chi connectivity index (χ1) is 16.8. The van der Waals surface area contributed by atoms with Crippen LogP contribution in [-0.2, 0) is 4.79 Å². The van der Waals surface area contributed by atoms with E-state index in [9.17, 15) is 19.7 Å². The van der Waals surface area contributed by atoms with E-state index in [0.717, 1.165) is 5.69 Å². The molecule has 0 spiro atoms. The van der Waals surface area contributed by atoms with Crippen molar-refractivity contribution in [2.75, 3.05) is 37.7 Å². The lowest BCUT2D eigenvalue weighted by Crippen LogP contribution is -2.50. The van der Waals surface area contributed by atoms with Crippen LogP contribution in [0.5, 0.6) is 5.75 Å². The Morgan fingerprint density at radius 2 is 1.71 bits per heavy atom. The molecule has 35 heavy (non-hydrogen) atoms. The summed E-state index contributed by atoms with van der Waals surface area (Å²) in [5.74, 6) is -0.114. The Kier molecular flexibility index (Phi) is 7.31. The molecule has 0 unspecified atom stereocenters. The maximum atomic E-state index is 12.9. The van der Waals surface area contributed by atoms with Gasteiger partial charge in [-0.1, -0.05) is 41.9 Å². The third kappa shape index (κ3) is 5.60. The highest BCUT2D eigenvalue weighted by Crippen LogP contribution is 2.27. The summed E-state index contributed by atoms with van der Waals surface area (Å²) in [4.78, 5) is 40.2. The van der Waals surface area contributed by atoms with Gasteiger partial charge in [0.25, 0.3) is 11.6 Å². The number of rotatable bonds is 7. The van der Waals surface area contributed by atoms with E-state index in [-0.39, 0.29) is 24.0 Å². The molecule has 1 heterocycles. The summed E-state index contributed by atoms with van der Waals surface area (Å²) in [6.07, 6.45) is 0. The average Bonchev–Trinajstić information content (AvgIpc) is 2.87. The van der Waals surface area contributed by atoms with Crippen LogP contribution in [0, 0.1) is 17.0 Å². The number of amides is 1. The molecule has 0 bridgehead atoms. The number of anilines is 1. The fourth-order valence-corrected chi connectivity index (χ4v) is 4.21. The van der Waals surface area contributed by atoms with Gasteiger partial charge in [0.2, 0.25) is 0 Å². The molecule has 8 nitrogen and oxygen atoms in total. The van der Waals surface area contributed by atoms with Gasteiger partial charge in [-0.2, -0.15) is 0 Å². The molecule has 9 heteroatoms. The molecular formula is C26H24ClN3O5. The molecule has 1 aliphatic heterocycles. The number of benzene rings is 3. The Morgan fingerprint density at radius 3 is 2.37 bits per heavy atom. The molecule has 0 N–H and O–H groups in total. The number of aryl methyl sites for hydroxylation is 1. The predicted molar refractivity (Wildman–Crippen MR) is 133 cm³/mol. The van der Waals surface area contributed by atoms with E-state index in [2.05, 4.69) is 4.90 Å². The Labute approximate surface area is 207 Å². The summed E-state index contributed by atoms with van der Waals surface area (Å²) in [5.41, 5.74) is 2.38. The zero-order chi connectivity index (χ0) is 24.9. The molecule has 180 valence electrons. The highest BCUT2D eigenvalue weighted by atomic mass is 35.5. The predicted octanol–water partition coefficient (Wildman–Crippen LogP) is 4.52. The van der Waals surface area contributed by atoms with E-state index in [1.807, 2.05) is 6.07 Å². The maximum absolute atomic E-state index is 12.9. The lowest BCUT2D eigenvalue weighted by molar-refractivity contribution is -0.385. The standard InChI is InChI=1S/C26H24ClN3O5/c1-18-15-21(8-9-23(18)30(33)34)28-11-13-29(14-12-28)25(31)17-35-24-10-7-20(27)16-22(24)26(32)19-5-3-2-4-6-19/h2-10,15-16H,11-14,17H2,1H3. The van der Waals surface area contributed by atoms with Gasteiger partial charge in [0.15, 0.2) is 12.4 Å². The van der Waals surface area contributed by atoms with Gasteiger partial charge in [-0.15, -0.1) is 0 Å². The first kappa shape index (κ1) is 24.2. The van der Waals surface area contributed by atoms with Crippen LogP contribution in [-0.4, -0.2) is 54.3 Å². The van der Waals surface area contributed by atoms with E-state index < -0.39 is 4.92 Å². The Hall–Kier alpha value is -3.91. The molecule has 0 aliphatic carbocycles. The van der Waals surface area contributed by atoms with Crippen molar-refractivity contribution in [2.24, 2.45) is 0 Å². The second kappa shape index (κ2) is 10.6. The van der Waals surface area contributed by atoms with Gasteiger partial charge < -0.3 is 14.5 Å². The quantitative estimate of drug-likeness (QED) is 0.273. The largest absolute Gasteiger partial charge is 0.483 e. The molecule has 1 amide bonds. The lowest BCUT2D eigenvalue weighted by Gasteiger charge is -2.36. The SMILES string of the molecule is Cc1cc(N2CCN(C(=O)COc3ccc(Cl)cc3C(=O)c3ccccc3)CC2)ccc1[N+](=O)[O-]. The molecular weight excluding hydrogens is 470 g/mol.